The van der Waals surface area contributed by atoms with Crippen molar-refractivity contribution in [2.24, 2.45) is 0 Å². The van der Waals surface area contributed by atoms with Gasteiger partial charge in [0.15, 0.2) is 0 Å². The molecule has 134 valence electrons. The second-order valence-electron chi connectivity index (χ2n) is 5.49. The van der Waals surface area contributed by atoms with E-state index in [1.165, 1.54) is 16.9 Å². The van der Waals surface area contributed by atoms with Crippen LogP contribution in [0.25, 0.3) is 11.4 Å². The van der Waals surface area contributed by atoms with E-state index in [0.717, 1.165) is 5.56 Å². The summed E-state index contributed by atoms with van der Waals surface area (Å²) in [6.07, 6.45) is 0.577. The van der Waals surface area contributed by atoms with E-state index in [2.05, 4.69) is 20.7 Å². The molecule has 3 rings (SSSR count). The maximum Gasteiger partial charge on any atom is 0.243 e. The summed E-state index contributed by atoms with van der Waals surface area (Å²) in [7, 11) is 0. The number of tetrazole rings is 1. The summed E-state index contributed by atoms with van der Waals surface area (Å²) in [6, 6.07) is 11.0. The minimum absolute atomic E-state index is 0.0669. The van der Waals surface area contributed by atoms with Crippen molar-refractivity contribution < 1.29 is 9.18 Å². The molecular weight excluding hydrogens is 380 g/mol. The third-order valence-electron chi connectivity index (χ3n) is 3.57. The van der Waals surface area contributed by atoms with Crippen LogP contribution >= 0.6 is 23.2 Å². The Labute approximate surface area is 158 Å². The van der Waals surface area contributed by atoms with Gasteiger partial charge in [-0.2, -0.15) is 4.80 Å². The van der Waals surface area contributed by atoms with Crippen molar-refractivity contribution in [3.05, 3.63) is 63.9 Å². The minimum Gasteiger partial charge on any atom is -0.354 e. The molecule has 1 N–H and O–H groups in total. The van der Waals surface area contributed by atoms with Gasteiger partial charge in [0.05, 0.1) is 0 Å². The van der Waals surface area contributed by atoms with E-state index >= 15 is 0 Å². The lowest BCUT2D eigenvalue weighted by Crippen LogP contribution is -2.30. The molecule has 1 aromatic heterocycles. The highest BCUT2D eigenvalue weighted by molar-refractivity contribution is 6.35. The summed E-state index contributed by atoms with van der Waals surface area (Å²) in [5.41, 5.74) is 1.52. The van der Waals surface area contributed by atoms with E-state index in [4.69, 9.17) is 23.2 Å². The van der Waals surface area contributed by atoms with Gasteiger partial charge in [-0.05, 0) is 53.6 Å². The van der Waals surface area contributed by atoms with Gasteiger partial charge >= 0.3 is 0 Å². The van der Waals surface area contributed by atoms with Gasteiger partial charge in [-0.1, -0.05) is 29.3 Å². The van der Waals surface area contributed by atoms with Crippen LogP contribution in [0.2, 0.25) is 10.0 Å². The molecule has 3 aromatic rings. The molecule has 1 amide bonds. The predicted octanol–water partition coefficient (Wildman–Crippen LogP) is 3.14. The Bertz CT molecular complexity index is 914. The fourth-order valence-electron chi connectivity index (χ4n) is 2.27. The average Bonchev–Trinajstić information content (AvgIpc) is 3.06. The van der Waals surface area contributed by atoms with Gasteiger partial charge in [-0.15, -0.1) is 10.2 Å². The van der Waals surface area contributed by atoms with Crippen molar-refractivity contribution >= 4 is 29.1 Å². The van der Waals surface area contributed by atoms with Crippen LogP contribution < -0.4 is 5.32 Å². The lowest BCUT2D eigenvalue weighted by molar-refractivity contribution is -0.122. The maximum absolute atomic E-state index is 12.9. The zero-order valence-electron chi connectivity index (χ0n) is 13.5. The lowest BCUT2D eigenvalue weighted by Gasteiger charge is -2.06. The van der Waals surface area contributed by atoms with Gasteiger partial charge in [0.1, 0.15) is 12.4 Å². The molecule has 1 heterocycles. The molecule has 0 aliphatic heterocycles. The standard InChI is InChI=1S/C17H14Cl2FN5O/c18-13-4-1-11(15(19)9-13)7-8-21-16(26)10-25-23-17(22-24-25)12-2-5-14(20)6-3-12/h1-6,9H,7-8,10H2,(H,21,26). The number of carbonyl (C=O) groups excluding carboxylic acids is 1. The van der Waals surface area contributed by atoms with E-state index in [1.54, 1.807) is 24.3 Å². The molecule has 0 saturated heterocycles. The molecule has 0 unspecified atom stereocenters. The molecule has 0 saturated carbocycles. The molecular formula is C17H14Cl2FN5O. The highest BCUT2D eigenvalue weighted by atomic mass is 35.5. The molecule has 0 spiro atoms. The number of hydrogen-bond donors (Lipinski definition) is 1. The van der Waals surface area contributed by atoms with Gasteiger partial charge in [0.2, 0.25) is 11.7 Å². The quantitative estimate of drug-likeness (QED) is 0.697. The number of nitrogens with zero attached hydrogens (tertiary/aromatic N) is 4. The van der Waals surface area contributed by atoms with E-state index in [0.29, 0.717) is 34.4 Å². The van der Waals surface area contributed by atoms with E-state index in [1.807, 2.05) is 6.07 Å². The minimum atomic E-state index is -0.346. The first kappa shape index (κ1) is 18.3. The fraction of sp³-hybridized carbons (Fsp3) is 0.176. The van der Waals surface area contributed by atoms with Crippen molar-refractivity contribution in [1.82, 2.24) is 25.5 Å². The Morgan fingerprint density at radius 3 is 2.65 bits per heavy atom. The van der Waals surface area contributed by atoms with Crippen LogP contribution in [0.3, 0.4) is 0 Å². The molecule has 0 radical (unpaired) electrons. The average molecular weight is 394 g/mol. The van der Waals surface area contributed by atoms with Crippen LogP contribution in [0.5, 0.6) is 0 Å². The van der Waals surface area contributed by atoms with E-state index < -0.39 is 0 Å². The smallest absolute Gasteiger partial charge is 0.243 e. The number of carbonyl (C=O) groups is 1. The van der Waals surface area contributed by atoms with Crippen LogP contribution in [0.1, 0.15) is 5.56 Å². The normalized spacial score (nSPS) is 10.7. The number of rotatable bonds is 6. The van der Waals surface area contributed by atoms with Gasteiger partial charge in [-0.3, -0.25) is 4.79 Å². The van der Waals surface area contributed by atoms with Crippen LogP contribution in [-0.2, 0) is 17.8 Å². The topological polar surface area (TPSA) is 72.7 Å². The summed E-state index contributed by atoms with van der Waals surface area (Å²) in [4.78, 5) is 13.2. The van der Waals surface area contributed by atoms with Gasteiger partial charge in [0.25, 0.3) is 0 Å². The Hall–Kier alpha value is -2.51. The first-order valence-electron chi connectivity index (χ1n) is 7.75. The van der Waals surface area contributed by atoms with Gasteiger partial charge in [-0.25, -0.2) is 4.39 Å². The number of halogens is 3. The maximum atomic E-state index is 12.9. The number of hydrogen-bond acceptors (Lipinski definition) is 4. The molecule has 2 aromatic carbocycles. The van der Waals surface area contributed by atoms with Crippen molar-refractivity contribution in [1.29, 1.82) is 0 Å². The second-order valence-corrected chi connectivity index (χ2v) is 6.33. The summed E-state index contributed by atoms with van der Waals surface area (Å²) in [5, 5.41) is 15.7. The Morgan fingerprint density at radius 1 is 1.15 bits per heavy atom. The Balaban J connectivity index is 1.51. The van der Waals surface area contributed by atoms with Crippen LogP contribution in [0.4, 0.5) is 4.39 Å². The number of aromatic nitrogens is 4. The zero-order valence-corrected chi connectivity index (χ0v) is 15.0. The van der Waals surface area contributed by atoms with Crippen molar-refractivity contribution in [2.75, 3.05) is 6.54 Å². The molecule has 0 bridgehead atoms. The molecule has 6 nitrogen and oxygen atoms in total. The van der Waals surface area contributed by atoms with E-state index in [9.17, 15) is 9.18 Å². The molecule has 0 aliphatic carbocycles. The monoisotopic (exact) mass is 393 g/mol. The molecule has 0 fully saturated rings. The predicted molar refractivity (Wildman–Crippen MR) is 96.4 cm³/mol. The summed E-state index contributed by atoms with van der Waals surface area (Å²) < 4.78 is 12.9. The largest absolute Gasteiger partial charge is 0.354 e. The molecule has 26 heavy (non-hydrogen) atoms. The third-order valence-corrected chi connectivity index (χ3v) is 4.16. The van der Waals surface area contributed by atoms with Gasteiger partial charge in [0, 0.05) is 22.2 Å². The highest BCUT2D eigenvalue weighted by Crippen LogP contribution is 2.21. The fourth-order valence-corrected chi connectivity index (χ4v) is 2.77. The Kier molecular flexibility index (Phi) is 5.80. The first-order chi connectivity index (χ1) is 12.5. The van der Waals surface area contributed by atoms with E-state index in [-0.39, 0.29) is 18.3 Å². The second kappa shape index (κ2) is 8.25. The van der Waals surface area contributed by atoms with Crippen molar-refractivity contribution in [3.8, 4) is 11.4 Å². The molecule has 0 atom stereocenters. The number of amides is 1. The Morgan fingerprint density at radius 2 is 1.92 bits per heavy atom. The summed E-state index contributed by atoms with van der Waals surface area (Å²) in [6.45, 7) is 0.349. The molecule has 0 aliphatic rings. The zero-order chi connectivity index (χ0) is 18.5. The van der Waals surface area contributed by atoms with Crippen molar-refractivity contribution in [3.63, 3.8) is 0 Å². The lowest BCUT2D eigenvalue weighted by atomic mass is 10.1. The highest BCUT2D eigenvalue weighted by Gasteiger charge is 2.09. The van der Waals surface area contributed by atoms with Crippen LogP contribution in [0.15, 0.2) is 42.5 Å². The SMILES string of the molecule is O=C(Cn1nnc(-c2ccc(F)cc2)n1)NCCc1ccc(Cl)cc1Cl. The third kappa shape index (κ3) is 4.77. The van der Waals surface area contributed by atoms with Crippen LogP contribution in [0, 0.1) is 5.82 Å². The summed E-state index contributed by atoms with van der Waals surface area (Å²) in [5.74, 6) is -0.273. The van der Waals surface area contributed by atoms with Gasteiger partial charge < -0.3 is 5.32 Å². The first-order valence-corrected chi connectivity index (χ1v) is 8.51. The molecule has 9 heteroatoms. The van der Waals surface area contributed by atoms with Crippen LogP contribution in [-0.4, -0.2) is 32.7 Å². The number of nitrogens with one attached hydrogen (secondary N) is 1. The van der Waals surface area contributed by atoms with Crippen molar-refractivity contribution in [2.45, 2.75) is 13.0 Å². The summed E-state index contributed by atoms with van der Waals surface area (Å²) >= 11 is 11.9. The number of benzene rings is 2.